The number of aromatic nitrogens is 5. The second kappa shape index (κ2) is 10.4. The molecule has 5 rings (SSSR count). The number of anilines is 1. The molecule has 2 aromatic carbocycles. The molecule has 1 amide bonds. The van der Waals surface area contributed by atoms with Crippen LogP contribution in [-0.4, -0.2) is 48.9 Å². The van der Waals surface area contributed by atoms with Crippen LogP contribution in [0.4, 0.5) is 10.2 Å². The van der Waals surface area contributed by atoms with Gasteiger partial charge < -0.3 is 10.1 Å². The number of aryl methyl sites for hydroxylation is 1. The van der Waals surface area contributed by atoms with Crippen LogP contribution in [0, 0.1) is 12.7 Å². The Morgan fingerprint density at radius 3 is 2.71 bits per heavy atom. The molecule has 1 aliphatic rings. The number of para-hydroxylation sites is 1. The maximum absolute atomic E-state index is 13.4. The number of benzene rings is 2. The minimum Gasteiger partial charge on any atom is -0.376 e. The number of hydrogen-bond acceptors (Lipinski definition) is 6. The van der Waals surface area contributed by atoms with E-state index < -0.39 is 0 Å². The number of carbonyl (C=O) groups excluding carboxylic acids is 1. The molecule has 0 spiro atoms. The third-order valence-electron chi connectivity index (χ3n) is 5.66. The van der Waals surface area contributed by atoms with Crippen molar-refractivity contribution >= 4 is 23.5 Å². The highest BCUT2D eigenvalue weighted by Gasteiger charge is 2.22. The number of halogens is 1. The molecule has 8 nitrogen and oxygen atoms in total. The Balaban J connectivity index is 1.32. The van der Waals surface area contributed by atoms with Crippen molar-refractivity contribution in [3.63, 3.8) is 0 Å². The van der Waals surface area contributed by atoms with E-state index in [0.29, 0.717) is 23.3 Å². The maximum Gasteiger partial charge on any atom is 0.236 e. The third-order valence-corrected chi connectivity index (χ3v) is 6.63. The maximum atomic E-state index is 13.4. The summed E-state index contributed by atoms with van der Waals surface area (Å²) in [6.45, 7) is 3.19. The molecule has 10 heteroatoms. The summed E-state index contributed by atoms with van der Waals surface area (Å²) in [7, 11) is 0. The smallest absolute Gasteiger partial charge is 0.236 e. The molecule has 1 saturated heterocycles. The van der Waals surface area contributed by atoms with Crippen molar-refractivity contribution in [3.05, 3.63) is 72.2 Å². The summed E-state index contributed by atoms with van der Waals surface area (Å²) in [5.74, 6) is 0.886. The van der Waals surface area contributed by atoms with Crippen molar-refractivity contribution in [2.45, 2.75) is 37.6 Å². The summed E-state index contributed by atoms with van der Waals surface area (Å²) >= 11 is 1.30. The van der Waals surface area contributed by atoms with E-state index in [1.54, 1.807) is 16.8 Å². The van der Waals surface area contributed by atoms with E-state index in [9.17, 15) is 9.18 Å². The summed E-state index contributed by atoms with van der Waals surface area (Å²) in [4.78, 5) is 12.9. The van der Waals surface area contributed by atoms with Gasteiger partial charge in [-0.2, -0.15) is 5.10 Å². The molecule has 1 fully saturated rings. The average Bonchev–Trinajstić information content (AvgIpc) is 3.60. The zero-order valence-corrected chi connectivity index (χ0v) is 20.0. The Morgan fingerprint density at radius 2 is 1.97 bits per heavy atom. The quantitative estimate of drug-likeness (QED) is 0.365. The average molecular weight is 493 g/mol. The summed E-state index contributed by atoms with van der Waals surface area (Å²) in [5.41, 5.74) is 2.43. The first kappa shape index (κ1) is 23.3. The zero-order valence-electron chi connectivity index (χ0n) is 19.2. The topological polar surface area (TPSA) is 86.9 Å². The summed E-state index contributed by atoms with van der Waals surface area (Å²) in [6, 6.07) is 17.6. The standard InChI is InChI=1S/C25H25FN6O2S/c1-17-14-22(32(30-17)20-6-3-2-4-7-20)27-23(33)16-35-25-29-28-24(18-9-11-19(26)12-10-18)31(25)15-21-8-5-13-34-21/h2-4,6-7,9-12,14,21H,5,8,13,15-16H2,1H3,(H,27,33). The molecule has 1 unspecified atom stereocenters. The Morgan fingerprint density at radius 1 is 1.17 bits per heavy atom. The van der Waals surface area contributed by atoms with Gasteiger partial charge in [-0.1, -0.05) is 30.0 Å². The molecule has 180 valence electrons. The number of rotatable bonds is 8. The van der Waals surface area contributed by atoms with Crippen molar-refractivity contribution in [3.8, 4) is 17.1 Å². The zero-order chi connectivity index (χ0) is 24.2. The van der Waals surface area contributed by atoms with Gasteiger partial charge in [-0.05, 0) is 56.2 Å². The van der Waals surface area contributed by atoms with Gasteiger partial charge in [-0.3, -0.25) is 9.36 Å². The van der Waals surface area contributed by atoms with Crippen molar-refractivity contribution in [2.24, 2.45) is 0 Å². The van der Waals surface area contributed by atoms with Crippen molar-refractivity contribution in [2.75, 3.05) is 17.7 Å². The van der Waals surface area contributed by atoms with Crippen LogP contribution in [0.25, 0.3) is 17.1 Å². The number of thioether (sulfide) groups is 1. The fourth-order valence-electron chi connectivity index (χ4n) is 4.03. The molecular formula is C25H25FN6O2S. The van der Waals surface area contributed by atoms with Gasteiger partial charge in [-0.25, -0.2) is 9.07 Å². The number of nitrogens with zero attached hydrogens (tertiary/aromatic N) is 5. The molecule has 0 bridgehead atoms. The molecule has 1 N–H and O–H groups in total. The molecule has 1 aliphatic heterocycles. The molecule has 4 aromatic rings. The highest BCUT2D eigenvalue weighted by molar-refractivity contribution is 7.99. The van der Waals surface area contributed by atoms with Gasteiger partial charge in [-0.15, -0.1) is 10.2 Å². The van der Waals surface area contributed by atoms with E-state index in [1.165, 1.54) is 23.9 Å². The van der Waals surface area contributed by atoms with E-state index in [2.05, 4.69) is 20.6 Å². The lowest BCUT2D eigenvalue weighted by atomic mass is 10.2. The summed E-state index contributed by atoms with van der Waals surface area (Å²) < 4.78 is 22.9. The van der Waals surface area contributed by atoms with Crippen LogP contribution in [0.2, 0.25) is 0 Å². The number of hydrogen-bond donors (Lipinski definition) is 1. The van der Waals surface area contributed by atoms with E-state index in [4.69, 9.17) is 4.74 Å². The fraction of sp³-hybridized carbons (Fsp3) is 0.280. The van der Waals surface area contributed by atoms with Gasteiger partial charge >= 0.3 is 0 Å². The summed E-state index contributed by atoms with van der Waals surface area (Å²) in [5, 5.41) is 16.7. The van der Waals surface area contributed by atoms with Crippen LogP contribution in [-0.2, 0) is 16.1 Å². The number of carbonyl (C=O) groups is 1. The van der Waals surface area contributed by atoms with Crippen LogP contribution in [0.3, 0.4) is 0 Å². The van der Waals surface area contributed by atoms with Crippen LogP contribution in [0.15, 0.2) is 65.8 Å². The first-order chi connectivity index (χ1) is 17.1. The highest BCUT2D eigenvalue weighted by atomic mass is 32.2. The van der Waals surface area contributed by atoms with Gasteiger partial charge in [0.25, 0.3) is 0 Å². The van der Waals surface area contributed by atoms with Gasteiger partial charge in [0.1, 0.15) is 11.6 Å². The molecule has 0 aliphatic carbocycles. The van der Waals surface area contributed by atoms with Crippen molar-refractivity contribution in [1.29, 1.82) is 0 Å². The Labute approximate surface area is 206 Å². The predicted octanol–water partition coefficient (Wildman–Crippen LogP) is 4.49. The summed E-state index contributed by atoms with van der Waals surface area (Å²) in [6.07, 6.45) is 2.02. The van der Waals surface area contributed by atoms with Crippen molar-refractivity contribution < 1.29 is 13.9 Å². The van der Waals surface area contributed by atoms with E-state index in [0.717, 1.165) is 36.4 Å². The second-order valence-electron chi connectivity index (χ2n) is 8.31. The first-order valence-corrected chi connectivity index (χ1v) is 12.4. The predicted molar refractivity (Wildman–Crippen MR) is 132 cm³/mol. The lowest BCUT2D eigenvalue weighted by Gasteiger charge is -2.15. The Bertz CT molecular complexity index is 1300. The molecular weight excluding hydrogens is 467 g/mol. The molecule has 3 heterocycles. The van der Waals surface area contributed by atoms with Crippen LogP contribution < -0.4 is 5.32 Å². The SMILES string of the molecule is Cc1cc(NC(=O)CSc2nnc(-c3ccc(F)cc3)n2CC2CCCO2)n(-c2ccccc2)n1. The minimum absolute atomic E-state index is 0.0570. The van der Waals surface area contributed by atoms with Gasteiger partial charge in [0.2, 0.25) is 5.91 Å². The van der Waals surface area contributed by atoms with Gasteiger partial charge in [0, 0.05) is 18.2 Å². The van der Waals surface area contributed by atoms with Crippen molar-refractivity contribution in [1.82, 2.24) is 24.5 Å². The molecule has 1 atom stereocenters. The lowest BCUT2D eigenvalue weighted by molar-refractivity contribution is -0.113. The normalized spacial score (nSPS) is 15.4. The van der Waals surface area contributed by atoms with Gasteiger partial charge in [0.05, 0.1) is 29.8 Å². The second-order valence-corrected chi connectivity index (χ2v) is 9.26. The molecule has 0 saturated carbocycles. The van der Waals surface area contributed by atoms with E-state index in [1.807, 2.05) is 47.9 Å². The Hall–Kier alpha value is -3.50. The molecule has 2 aromatic heterocycles. The van der Waals surface area contributed by atoms with Crippen LogP contribution in [0.5, 0.6) is 0 Å². The third kappa shape index (κ3) is 5.44. The highest BCUT2D eigenvalue weighted by Crippen LogP contribution is 2.27. The number of nitrogens with one attached hydrogen (secondary N) is 1. The number of ether oxygens (including phenoxy) is 1. The van der Waals surface area contributed by atoms with E-state index >= 15 is 0 Å². The molecule has 0 radical (unpaired) electrons. The van der Waals surface area contributed by atoms with E-state index in [-0.39, 0.29) is 23.6 Å². The monoisotopic (exact) mass is 492 g/mol. The first-order valence-electron chi connectivity index (χ1n) is 11.4. The number of amides is 1. The minimum atomic E-state index is -0.310. The largest absolute Gasteiger partial charge is 0.376 e. The lowest BCUT2D eigenvalue weighted by Crippen LogP contribution is -2.19. The van der Waals surface area contributed by atoms with Gasteiger partial charge in [0.15, 0.2) is 11.0 Å². The van der Waals surface area contributed by atoms with Crippen LogP contribution in [0.1, 0.15) is 18.5 Å². The fourth-order valence-corrected chi connectivity index (χ4v) is 4.78. The molecule has 35 heavy (non-hydrogen) atoms. The Kier molecular flexibility index (Phi) is 6.91. The van der Waals surface area contributed by atoms with Crippen LogP contribution >= 0.6 is 11.8 Å².